The number of hydrogen-bond acceptors (Lipinski definition) is 12. The highest BCUT2D eigenvalue weighted by atomic mass is 32.2. The number of aliphatic hydroxyl groups excluding tert-OH is 2. The molecule has 5 N–H and O–H groups in total. The summed E-state index contributed by atoms with van der Waals surface area (Å²) < 4.78 is 45.5. The van der Waals surface area contributed by atoms with Gasteiger partial charge in [0.1, 0.15) is 6.61 Å². The number of aliphatic hydroxyl groups is 2. The van der Waals surface area contributed by atoms with Crippen LogP contribution in [0.15, 0.2) is 66.2 Å². The van der Waals surface area contributed by atoms with Gasteiger partial charge in [0, 0.05) is 12.4 Å². The molecule has 1 aromatic carbocycles. The number of pyridine rings is 1. The molecule has 0 atom stereocenters. The molecule has 3 rings (SSSR count). The number of nitrogens with zero attached hydrogens (tertiary/aromatic N) is 3. The minimum absolute atomic E-state index is 0.0341. The summed E-state index contributed by atoms with van der Waals surface area (Å²) in [6, 6.07) is 9.46. The monoisotopic (exact) mass is 531 g/mol. The molecule has 37 heavy (non-hydrogen) atoms. The minimum atomic E-state index is -4.28. The van der Waals surface area contributed by atoms with E-state index in [0.717, 1.165) is 11.8 Å². The molecule has 0 fully saturated rings. The molecule has 0 saturated carbocycles. The first-order chi connectivity index (χ1) is 17.8. The van der Waals surface area contributed by atoms with Gasteiger partial charge in [-0.1, -0.05) is 18.2 Å². The molecular weight excluding hydrogens is 506 g/mol. The number of hydrogen-bond donors (Lipinski definition) is 5. The number of rotatable bonds is 12. The SMILES string of the molecule is COc1ccccc1Oc1c(NS(=O)(=O)c2ccc(C)cn2)nc(C(/C=C\NO)=C/O)nc1OCCO. The van der Waals surface area contributed by atoms with Crippen molar-refractivity contribution in [3.8, 4) is 23.1 Å². The largest absolute Gasteiger partial charge is 0.515 e. The van der Waals surface area contributed by atoms with E-state index in [1.165, 1.54) is 25.4 Å². The lowest BCUT2D eigenvalue weighted by Crippen LogP contribution is -2.18. The van der Waals surface area contributed by atoms with Gasteiger partial charge in [0.15, 0.2) is 28.2 Å². The van der Waals surface area contributed by atoms with E-state index >= 15 is 0 Å². The lowest BCUT2D eigenvalue weighted by Gasteiger charge is -2.18. The first-order valence-corrected chi connectivity index (χ1v) is 12.1. The summed E-state index contributed by atoms with van der Waals surface area (Å²) >= 11 is 0. The van der Waals surface area contributed by atoms with Crippen LogP contribution in [0.3, 0.4) is 0 Å². The number of nitrogens with one attached hydrogen (secondary N) is 2. The summed E-state index contributed by atoms with van der Waals surface area (Å²) in [4.78, 5) is 12.4. The minimum Gasteiger partial charge on any atom is -0.515 e. The third-order valence-corrected chi connectivity index (χ3v) is 5.83. The van der Waals surface area contributed by atoms with E-state index in [-0.39, 0.29) is 46.2 Å². The van der Waals surface area contributed by atoms with Crippen LogP contribution in [0.2, 0.25) is 0 Å². The van der Waals surface area contributed by atoms with Crippen molar-refractivity contribution in [2.45, 2.75) is 11.9 Å². The number of aryl methyl sites for hydroxylation is 1. The highest BCUT2D eigenvalue weighted by Gasteiger charge is 2.26. The first kappa shape index (κ1) is 27.2. The molecule has 2 heterocycles. The first-order valence-electron chi connectivity index (χ1n) is 10.7. The number of ether oxygens (including phenoxy) is 3. The molecule has 0 saturated heterocycles. The number of aromatic nitrogens is 3. The van der Waals surface area contributed by atoms with Crippen LogP contribution < -0.4 is 24.4 Å². The Morgan fingerprint density at radius 1 is 1.14 bits per heavy atom. The zero-order valence-electron chi connectivity index (χ0n) is 19.8. The van der Waals surface area contributed by atoms with Gasteiger partial charge in [0.05, 0.1) is 25.6 Å². The number of sulfonamides is 1. The normalized spacial score (nSPS) is 11.8. The van der Waals surface area contributed by atoms with E-state index in [1.807, 2.05) is 0 Å². The molecule has 0 spiro atoms. The van der Waals surface area contributed by atoms with Gasteiger partial charge in [0.25, 0.3) is 15.9 Å². The lowest BCUT2D eigenvalue weighted by atomic mass is 10.2. The number of methoxy groups -OCH3 is 1. The standard InChI is InChI=1S/C23H25N5O8S/c1-15-7-8-19(24-13-15)37(32,33)28-22-20(36-18-6-4-3-5-17(18)34-2)23(35-12-11-29)27-21(26-22)16(14-30)9-10-25-31/h3-10,13-14,25,29-31H,11-12H2,1-2H3,(H,26,27,28)/b10-9-,16-14+. The van der Waals surface area contributed by atoms with Crippen molar-refractivity contribution in [2.24, 2.45) is 0 Å². The molecule has 196 valence electrons. The van der Waals surface area contributed by atoms with Crippen LogP contribution in [0.1, 0.15) is 11.4 Å². The number of allylic oxidation sites excluding steroid dienone is 2. The molecule has 3 aromatic rings. The highest BCUT2D eigenvalue weighted by Crippen LogP contribution is 2.41. The van der Waals surface area contributed by atoms with Crippen LogP contribution >= 0.6 is 0 Å². The van der Waals surface area contributed by atoms with Gasteiger partial charge in [-0.2, -0.15) is 13.4 Å². The summed E-state index contributed by atoms with van der Waals surface area (Å²) in [5, 5.41) is 27.6. The Balaban J connectivity index is 2.22. The molecular formula is C23H25N5O8S. The predicted molar refractivity (Wildman–Crippen MR) is 132 cm³/mol. The maximum Gasteiger partial charge on any atom is 0.280 e. The Hall–Kier alpha value is -4.40. The van der Waals surface area contributed by atoms with Crippen LogP contribution in [0.25, 0.3) is 5.57 Å². The van der Waals surface area contributed by atoms with E-state index in [4.69, 9.17) is 19.4 Å². The molecule has 0 aliphatic rings. The number of hydroxylamine groups is 1. The van der Waals surface area contributed by atoms with Gasteiger partial charge in [-0.25, -0.2) is 9.97 Å². The van der Waals surface area contributed by atoms with Gasteiger partial charge in [-0.3, -0.25) is 15.4 Å². The van der Waals surface area contributed by atoms with Gasteiger partial charge in [-0.05, 0) is 36.8 Å². The maximum atomic E-state index is 13.2. The van der Waals surface area contributed by atoms with Crippen molar-refractivity contribution in [1.29, 1.82) is 0 Å². The van der Waals surface area contributed by atoms with Crippen molar-refractivity contribution in [1.82, 2.24) is 20.4 Å². The average molecular weight is 532 g/mol. The van der Waals surface area contributed by atoms with Crippen molar-refractivity contribution in [3.63, 3.8) is 0 Å². The summed E-state index contributed by atoms with van der Waals surface area (Å²) in [6.45, 7) is 1.14. The topological polar surface area (TPSA) is 185 Å². The Kier molecular flexibility index (Phi) is 9.21. The van der Waals surface area contributed by atoms with E-state index in [0.29, 0.717) is 12.0 Å². The molecule has 14 heteroatoms. The molecule has 0 aliphatic carbocycles. The van der Waals surface area contributed by atoms with E-state index in [2.05, 4.69) is 19.7 Å². The van der Waals surface area contributed by atoms with E-state index in [9.17, 15) is 18.6 Å². The second kappa shape index (κ2) is 12.5. The zero-order valence-corrected chi connectivity index (χ0v) is 20.6. The van der Waals surface area contributed by atoms with Gasteiger partial charge in [-0.15, -0.1) is 0 Å². The molecule has 0 bridgehead atoms. The molecule has 0 radical (unpaired) electrons. The summed E-state index contributed by atoms with van der Waals surface area (Å²) in [6.07, 6.45) is 4.31. The second-order valence-electron chi connectivity index (χ2n) is 7.18. The smallest absolute Gasteiger partial charge is 0.280 e. The molecule has 0 aliphatic heterocycles. The Morgan fingerprint density at radius 2 is 1.89 bits per heavy atom. The fourth-order valence-electron chi connectivity index (χ4n) is 2.87. The van der Waals surface area contributed by atoms with Crippen LogP contribution in [-0.4, -0.2) is 59.1 Å². The zero-order chi connectivity index (χ0) is 26.8. The molecule has 13 nitrogen and oxygen atoms in total. The van der Waals surface area contributed by atoms with Crippen molar-refractivity contribution in [3.05, 3.63) is 72.5 Å². The van der Waals surface area contributed by atoms with Gasteiger partial charge in [0.2, 0.25) is 5.75 Å². The van der Waals surface area contributed by atoms with Crippen molar-refractivity contribution >= 4 is 21.4 Å². The summed E-state index contributed by atoms with van der Waals surface area (Å²) in [5.74, 6) is -0.573. The third-order valence-electron chi connectivity index (χ3n) is 4.57. The number of para-hydroxylation sites is 2. The van der Waals surface area contributed by atoms with Gasteiger partial charge < -0.3 is 24.4 Å². The van der Waals surface area contributed by atoms with Gasteiger partial charge >= 0.3 is 0 Å². The fourth-order valence-corrected chi connectivity index (χ4v) is 3.80. The van der Waals surface area contributed by atoms with Crippen LogP contribution in [0.4, 0.5) is 5.82 Å². The van der Waals surface area contributed by atoms with E-state index in [1.54, 1.807) is 42.7 Å². The highest BCUT2D eigenvalue weighted by molar-refractivity contribution is 7.92. The van der Waals surface area contributed by atoms with Crippen LogP contribution in [0, 0.1) is 6.92 Å². The van der Waals surface area contributed by atoms with Crippen LogP contribution in [0.5, 0.6) is 23.1 Å². The lowest BCUT2D eigenvalue weighted by molar-refractivity contribution is 0.192. The average Bonchev–Trinajstić information content (AvgIpc) is 2.89. The fraction of sp³-hybridized carbons (Fsp3) is 0.174. The Morgan fingerprint density at radius 3 is 2.51 bits per heavy atom. The predicted octanol–water partition coefficient (Wildman–Crippen LogP) is 2.54. The quantitative estimate of drug-likeness (QED) is 0.131. The molecule has 2 aromatic heterocycles. The Labute approximate surface area is 212 Å². The third kappa shape index (κ3) is 6.84. The Bertz CT molecular complexity index is 1380. The summed E-state index contributed by atoms with van der Waals surface area (Å²) in [5.41, 5.74) is 2.50. The molecule has 0 amide bonds. The van der Waals surface area contributed by atoms with Crippen LogP contribution in [-0.2, 0) is 10.0 Å². The molecule has 0 unspecified atom stereocenters. The van der Waals surface area contributed by atoms with Crippen molar-refractivity contribution in [2.75, 3.05) is 25.0 Å². The second-order valence-corrected chi connectivity index (χ2v) is 8.81. The van der Waals surface area contributed by atoms with Crippen molar-refractivity contribution < 1.29 is 38.0 Å². The maximum absolute atomic E-state index is 13.2. The number of anilines is 1. The van der Waals surface area contributed by atoms with E-state index < -0.39 is 16.6 Å². The number of benzene rings is 1. The summed E-state index contributed by atoms with van der Waals surface area (Å²) in [7, 11) is -2.86.